The summed E-state index contributed by atoms with van der Waals surface area (Å²) in [7, 11) is 0. The van der Waals surface area contributed by atoms with Crippen LogP contribution in [0, 0.1) is 0 Å². The van der Waals surface area contributed by atoms with E-state index in [9.17, 15) is 0 Å². The second-order valence-corrected chi connectivity index (χ2v) is 4.15. The molecule has 0 amide bonds. The molecule has 16 heavy (non-hydrogen) atoms. The van der Waals surface area contributed by atoms with Gasteiger partial charge in [-0.2, -0.15) is 0 Å². The zero-order valence-electron chi connectivity index (χ0n) is 8.57. The molecule has 0 bridgehead atoms. The molecular formula is C9H10ClN5S. The minimum Gasteiger partial charge on any atom is -0.364 e. The fourth-order valence-corrected chi connectivity index (χ4v) is 1.76. The predicted octanol–water partition coefficient (Wildman–Crippen LogP) is 2.19. The number of nitrogens with zero attached hydrogens (tertiary/aromatic N) is 3. The van der Waals surface area contributed by atoms with Gasteiger partial charge in [-0.05, 0) is 6.26 Å². The maximum absolute atomic E-state index is 5.86. The van der Waals surface area contributed by atoms with Gasteiger partial charge in [0.05, 0.1) is 18.6 Å². The third-order valence-corrected chi connectivity index (χ3v) is 2.61. The Labute approximate surface area is 102 Å². The quantitative estimate of drug-likeness (QED) is 0.498. The molecular weight excluding hydrogens is 246 g/mol. The molecule has 7 heteroatoms. The molecule has 0 aliphatic heterocycles. The lowest BCUT2D eigenvalue weighted by molar-refractivity contribution is 0.949. The third kappa shape index (κ3) is 2.86. The molecule has 5 nitrogen and oxygen atoms in total. The molecule has 0 aliphatic rings. The molecule has 0 spiro atoms. The summed E-state index contributed by atoms with van der Waals surface area (Å²) in [6.45, 7) is 0.626. The largest absolute Gasteiger partial charge is 0.364 e. The van der Waals surface area contributed by atoms with Gasteiger partial charge in [-0.25, -0.2) is 15.0 Å². The molecule has 84 valence electrons. The van der Waals surface area contributed by atoms with Gasteiger partial charge in [0.25, 0.3) is 0 Å². The second-order valence-electron chi connectivity index (χ2n) is 2.99. The fraction of sp³-hybridized carbons (Fsp3) is 0.222. The van der Waals surface area contributed by atoms with Gasteiger partial charge in [0.15, 0.2) is 5.16 Å². The van der Waals surface area contributed by atoms with Gasteiger partial charge < -0.3 is 10.3 Å². The predicted molar refractivity (Wildman–Crippen MR) is 64.7 cm³/mol. The van der Waals surface area contributed by atoms with Crippen molar-refractivity contribution in [1.82, 2.24) is 19.9 Å². The maximum atomic E-state index is 5.86. The molecule has 0 atom stereocenters. The minimum absolute atomic E-state index is 0.437. The molecule has 0 saturated carbocycles. The Kier molecular flexibility index (Phi) is 3.63. The molecule has 0 unspecified atom stereocenters. The summed E-state index contributed by atoms with van der Waals surface area (Å²) >= 11 is 7.32. The van der Waals surface area contributed by atoms with Crippen molar-refractivity contribution in [3.63, 3.8) is 0 Å². The molecule has 0 radical (unpaired) electrons. The number of imidazole rings is 1. The number of anilines is 1. The van der Waals surface area contributed by atoms with E-state index in [1.54, 1.807) is 18.6 Å². The molecule has 2 rings (SSSR count). The normalized spacial score (nSPS) is 10.4. The Morgan fingerprint density at radius 3 is 3.06 bits per heavy atom. The van der Waals surface area contributed by atoms with Crippen LogP contribution in [0.15, 0.2) is 23.7 Å². The molecule has 0 fully saturated rings. The van der Waals surface area contributed by atoms with Gasteiger partial charge in [0.2, 0.25) is 0 Å². The summed E-state index contributed by atoms with van der Waals surface area (Å²) in [5.41, 5.74) is 0.987. The number of hydrogen-bond acceptors (Lipinski definition) is 5. The maximum Gasteiger partial charge on any atom is 0.190 e. The Bertz CT molecular complexity index is 459. The van der Waals surface area contributed by atoms with Gasteiger partial charge in [-0.3, -0.25) is 0 Å². The SMILES string of the molecule is CSc1nc(Cl)cc(NCc2cnc[nH]2)n1. The van der Waals surface area contributed by atoms with Crippen LogP contribution in [0.1, 0.15) is 5.69 Å². The number of aromatic amines is 1. The Morgan fingerprint density at radius 2 is 2.38 bits per heavy atom. The van der Waals surface area contributed by atoms with Crippen LogP contribution in [0.3, 0.4) is 0 Å². The van der Waals surface area contributed by atoms with E-state index in [4.69, 9.17) is 11.6 Å². The average molecular weight is 256 g/mol. The van der Waals surface area contributed by atoms with Gasteiger partial charge in [0.1, 0.15) is 11.0 Å². The van der Waals surface area contributed by atoms with E-state index in [-0.39, 0.29) is 0 Å². The molecule has 2 aromatic rings. The monoisotopic (exact) mass is 255 g/mol. The van der Waals surface area contributed by atoms with Crippen molar-refractivity contribution in [2.75, 3.05) is 11.6 Å². The summed E-state index contributed by atoms with van der Waals surface area (Å²) in [5.74, 6) is 0.707. The summed E-state index contributed by atoms with van der Waals surface area (Å²) in [6.07, 6.45) is 5.30. The van der Waals surface area contributed by atoms with Crippen LogP contribution in [0.5, 0.6) is 0 Å². The first-order valence-electron chi connectivity index (χ1n) is 4.57. The number of nitrogens with one attached hydrogen (secondary N) is 2. The van der Waals surface area contributed by atoms with Gasteiger partial charge >= 0.3 is 0 Å². The van der Waals surface area contributed by atoms with Crippen LogP contribution in [-0.4, -0.2) is 26.2 Å². The average Bonchev–Trinajstić information content (AvgIpc) is 2.78. The van der Waals surface area contributed by atoms with E-state index in [0.717, 1.165) is 5.69 Å². The van der Waals surface area contributed by atoms with Crippen LogP contribution >= 0.6 is 23.4 Å². The number of hydrogen-bond donors (Lipinski definition) is 2. The highest BCUT2D eigenvalue weighted by Gasteiger charge is 2.02. The number of H-pyrrole nitrogens is 1. The van der Waals surface area contributed by atoms with Crippen molar-refractivity contribution < 1.29 is 0 Å². The smallest absolute Gasteiger partial charge is 0.190 e. The van der Waals surface area contributed by atoms with Crippen LogP contribution in [0.25, 0.3) is 0 Å². The lowest BCUT2D eigenvalue weighted by atomic mass is 10.4. The first-order valence-corrected chi connectivity index (χ1v) is 6.18. The first-order chi connectivity index (χ1) is 7.78. The molecule has 0 aliphatic carbocycles. The van der Waals surface area contributed by atoms with Crippen LogP contribution < -0.4 is 5.32 Å². The molecule has 0 aromatic carbocycles. The lowest BCUT2D eigenvalue weighted by Crippen LogP contribution is -2.02. The van der Waals surface area contributed by atoms with Crippen molar-refractivity contribution in [3.05, 3.63) is 29.4 Å². The zero-order valence-corrected chi connectivity index (χ0v) is 10.1. The lowest BCUT2D eigenvalue weighted by Gasteiger charge is -2.05. The highest BCUT2D eigenvalue weighted by molar-refractivity contribution is 7.98. The molecule has 0 saturated heterocycles. The number of thioether (sulfide) groups is 1. The zero-order chi connectivity index (χ0) is 11.4. The topological polar surface area (TPSA) is 66.5 Å². The van der Waals surface area contributed by atoms with Gasteiger partial charge in [-0.1, -0.05) is 23.4 Å². The van der Waals surface area contributed by atoms with E-state index in [0.29, 0.717) is 22.7 Å². The van der Waals surface area contributed by atoms with Crippen molar-refractivity contribution in [1.29, 1.82) is 0 Å². The Hall–Kier alpha value is -1.27. The van der Waals surface area contributed by atoms with E-state index < -0.39 is 0 Å². The van der Waals surface area contributed by atoms with Crippen molar-refractivity contribution in [2.24, 2.45) is 0 Å². The summed E-state index contributed by atoms with van der Waals surface area (Å²) in [4.78, 5) is 15.3. The van der Waals surface area contributed by atoms with E-state index in [1.165, 1.54) is 11.8 Å². The highest BCUT2D eigenvalue weighted by atomic mass is 35.5. The van der Waals surface area contributed by atoms with Crippen LogP contribution in [0.2, 0.25) is 5.15 Å². The number of aromatic nitrogens is 4. The van der Waals surface area contributed by atoms with Crippen LogP contribution in [-0.2, 0) is 6.54 Å². The van der Waals surface area contributed by atoms with Crippen LogP contribution in [0.4, 0.5) is 5.82 Å². The first kappa shape index (κ1) is 11.2. The molecule has 2 N–H and O–H groups in total. The van der Waals surface area contributed by atoms with Crippen molar-refractivity contribution in [2.45, 2.75) is 11.7 Å². The minimum atomic E-state index is 0.437. The standard InChI is InChI=1S/C9H10ClN5S/c1-16-9-14-7(10)2-8(15-9)12-4-6-3-11-5-13-6/h2-3,5H,4H2,1H3,(H,11,13)(H,12,14,15). The Balaban J connectivity index is 2.06. The highest BCUT2D eigenvalue weighted by Crippen LogP contribution is 2.17. The van der Waals surface area contributed by atoms with E-state index >= 15 is 0 Å². The van der Waals surface area contributed by atoms with E-state index in [2.05, 4.69) is 25.3 Å². The summed E-state index contributed by atoms with van der Waals surface area (Å²) in [5, 5.41) is 4.23. The van der Waals surface area contributed by atoms with E-state index in [1.807, 2.05) is 6.26 Å². The fourth-order valence-electron chi connectivity index (χ4n) is 1.15. The van der Waals surface area contributed by atoms with Gasteiger partial charge in [-0.15, -0.1) is 0 Å². The summed E-state index contributed by atoms with van der Waals surface area (Å²) < 4.78 is 0. The van der Waals surface area contributed by atoms with Crippen molar-refractivity contribution >= 4 is 29.2 Å². The second kappa shape index (κ2) is 5.18. The number of rotatable bonds is 4. The van der Waals surface area contributed by atoms with Crippen molar-refractivity contribution in [3.8, 4) is 0 Å². The summed E-state index contributed by atoms with van der Waals surface area (Å²) in [6, 6.07) is 1.69. The molecule has 2 aromatic heterocycles. The van der Waals surface area contributed by atoms with Gasteiger partial charge in [0, 0.05) is 12.3 Å². The molecule has 2 heterocycles. The Morgan fingerprint density at radius 1 is 1.50 bits per heavy atom. The number of halogens is 1. The third-order valence-electron chi connectivity index (χ3n) is 1.87.